The molecule has 2 heterocycles. The van der Waals surface area contributed by atoms with Crippen molar-refractivity contribution in [3.05, 3.63) is 29.8 Å². The fourth-order valence-corrected chi connectivity index (χ4v) is 4.60. The van der Waals surface area contributed by atoms with Crippen LogP contribution in [0.1, 0.15) is 19.3 Å². The zero-order valence-electron chi connectivity index (χ0n) is 10.9. The number of nitrogens with zero attached hydrogens (tertiary/aromatic N) is 1. The van der Waals surface area contributed by atoms with Gasteiger partial charge >= 0.3 is 0 Å². The molecule has 2 atom stereocenters. The zero-order chi connectivity index (χ0) is 14.3. The van der Waals surface area contributed by atoms with Gasteiger partial charge in [0.2, 0.25) is 10.0 Å². The first-order valence-electron chi connectivity index (χ1n) is 6.68. The molecule has 1 aromatic rings. The highest BCUT2D eigenvalue weighted by molar-refractivity contribution is 7.89. The lowest BCUT2D eigenvalue weighted by Gasteiger charge is -2.24. The monoisotopic (exact) mass is 302 g/mol. The first kappa shape index (κ1) is 13.9. The molecule has 2 aliphatic heterocycles. The molecule has 4 nitrogen and oxygen atoms in total. The molecule has 2 aliphatic rings. The Balaban J connectivity index is 1.95. The minimum atomic E-state index is -4.13. The molecule has 0 saturated carbocycles. The van der Waals surface area contributed by atoms with Crippen molar-refractivity contribution in [2.45, 2.75) is 36.2 Å². The Morgan fingerprint density at radius 3 is 2.45 bits per heavy atom. The zero-order valence-corrected chi connectivity index (χ0v) is 11.7. The molecule has 7 heteroatoms. The Kier molecular flexibility index (Phi) is 3.51. The Labute approximate surface area is 116 Å². The van der Waals surface area contributed by atoms with E-state index in [0.29, 0.717) is 19.0 Å². The molecule has 2 fully saturated rings. The maximum atomic E-state index is 13.7. The second-order valence-corrected chi connectivity index (χ2v) is 7.22. The van der Waals surface area contributed by atoms with Crippen LogP contribution in [0.25, 0.3) is 0 Å². The first-order chi connectivity index (χ1) is 9.48. The fourth-order valence-electron chi connectivity index (χ4n) is 2.99. The maximum Gasteiger partial charge on any atom is 0.248 e. The van der Waals surface area contributed by atoms with Crippen LogP contribution >= 0.6 is 0 Å². The van der Waals surface area contributed by atoms with Crippen molar-refractivity contribution in [1.82, 2.24) is 9.62 Å². The van der Waals surface area contributed by atoms with E-state index in [2.05, 4.69) is 5.32 Å². The molecular formula is C13H16F2N2O2S. The van der Waals surface area contributed by atoms with Gasteiger partial charge in [0.05, 0.1) is 0 Å². The molecular weight excluding hydrogens is 286 g/mol. The molecule has 2 unspecified atom stereocenters. The molecule has 20 heavy (non-hydrogen) atoms. The van der Waals surface area contributed by atoms with Gasteiger partial charge in [-0.3, -0.25) is 0 Å². The van der Waals surface area contributed by atoms with E-state index in [1.54, 1.807) is 0 Å². The van der Waals surface area contributed by atoms with E-state index in [0.717, 1.165) is 31.0 Å². The summed E-state index contributed by atoms with van der Waals surface area (Å²) in [4.78, 5) is -0.835. The van der Waals surface area contributed by atoms with Gasteiger partial charge in [0.25, 0.3) is 0 Å². The molecule has 1 N–H and O–H groups in total. The van der Waals surface area contributed by atoms with Crippen molar-refractivity contribution in [3.63, 3.8) is 0 Å². The van der Waals surface area contributed by atoms with Gasteiger partial charge < -0.3 is 5.32 Å². The van der Waals surface area contributed by atoms with Gasteiger partial charge in [0, 0.05) is 25.2 Å². The molecule has 2 saturated heterocycles. The summed E-state index contributed by atoms with van der Waals surface area (Å²) in [6.45, 7) is 0.566. The lowest BCUT2D eigenvalue weighted by Crippen LogP contribution is -2.39. The van der Waals surface area contributed by atoms with Crippen molar-refractivity contribution >= 4 is 10.0 Å². The summed E-state index contributed by atoms with van der Waals surface area (Å²) in [5.41, 5.74) is 0. The Hall–Kier alpha value is -1.05. The number of benzene rings is 1. The van der Waals surface area contributed by atoms with E-state index in [1.165, 1.54) is 4.31 Å². The van der Waals surface area contributed by atoms with Crippen molar-refractivity contribution in [3.8, 4) is 0 Å². The summed E-state index contributed by atoms with van der Waals surface area (Å²) in [6.07, 6.45) is 2.61. The number of halogens is 2. The van der Waals surface area contributed by atoms with Gasteiger partial charge in [-0.25, -0.2) is 17.2 Å². The third kappa shape index (κ3) is 2.34. The van der Waals surface area contributed by atoms with E-state index < -0.39 is 26.6 Å². The van der Waals surface area contributed by atoms with Crippen LogP contribution in [0.2, 0.25) is 0 Å². The van der Waals surface area contributed by atoms with E-state index in [1.807, 2.05) is 0 Å². The van der Waals surface area contributed by atoms with Crippen LogP contribution in [0.4, 0.5) is 8.78 Å². The molecule has 2 bridgehead atoms. The molecule has 1 aromatic carbocycles. The summed E-state index contributed by atoms with van der Waals surface area (Å²) < 4.78 is 53.6. The topological polar surface area (TPSA) is 49.4 Å². The normalized spacial score (nSPS) is 27.5. The van der Waals surface area contributed by atoms with Gasteiger partial charge in [0.1, 0.15) is 11.6 Å². The molecule has 0 spiro atoms. The van der Waals surface area contributed by atoms with E-state index in [-0.39, 0.29) is 12.6 Å². The maximum absolute atomic E-state index is 13.7. The van der Waals surface area contributed by atoms with Crippen LogP contribution in [0.5, 0.6) is 0 Å². The largest absolute Gasteiger partial charge is 0.310 e. The van der Waals surface area contributed by atoms with Gasteiger partial charge in [-0.15, -0.1) is 0 Å². The van der Waals surface area contributed by atoms with Gasteiger partial charge in [-0.1, -0.05) is 6.07 Å². The van der Waals surface area contributed by atoms with Crippen molar-refractivity contribution < 1.29 is 17.2 Å². The number of rotatable bonds is 2. The SMILES string of the molecule is O=S(=O)(c1c(F)cccc1F)N1CCC2CCC(C1)N2. The van der Waals surface area contributed by atoms with Gasteiger partial charge in [-0.05, 0) is 31.4 Å². The van der Waals surface area contributed by atoms with E-state index in [4.69, 9.17) is 0 Å². The summed E-state index contributed by atoms with van der Waals surface area (Å²) in [7, 11) is -4.13. The Bertz CT molecular complexity index is 601. The predicted octanol–water partition coefficient (Wildman–Crippen LogP) is 1.48. The highest BCUT2D eigenvalue weighted by Crippen LogP contribution is 2.27. The highest BCUT2D eigenvalue weighted by Gasteiger charge is 2.37. The van der Waals surface area contributed by atoms with Crippen molar-refractivity contribution in [1.29, 1.82) is 0 Å². The van der Waals surface area contributed by atoms with Crippen LogP contribution in [0.3, 0.4) is 0 Å². The van der Waals surface area contributed by atoms with Crippen LogP contribution in [0.15, 0.2) is 23.1 Å². The summed E-state index contributed by atoms with van der Waals surface area (Å²) >= 11 is 0. The molecule has 0 aliphatic carbocycles. The second kappa shape index (κ2) is 5.05. The van der Waals surface area contributed by atoms with Gasteiger partial charge in [0.15, 0.2) is 4.90 Å². The average Bonchev–Trinajstić information content (AvgIpc) is 2.67. The van der Waals surface area contributed by atoms with Crippen molar-refractivity contribution in [2.75, 3.05) is 13.1 Å². The Morgan fingerprint density at radius 1 is 1.10 bits per heavy atom. The van der Waals surface area contributed by atoms with Crippen LogP contribution in [-0.2, 0) is 10.0 Å². The quantitative estimate of drug-likeness (QED) is 0.900. The molecule has 3 rings (SSSR count). The third-order valence-electron chi connectivity index (χ3n) is 4.00. The number of hydrogen-bond donors (Lipinski definition) is 1. The van der Waals surface area contributed by atoms with Crippen molar-refractivity contribution in [2.24, 2.45) is 0 Å². The summed E-state index contributed by atoms with van der Waals surface area (Å²) in [5, 5.41) is 3.34. The van der Waals surface area contributed by atoms with Gasteiger partial charge in [-0.2, -0.15) is 4.31 Å². The number of sulfonamides is 1. The molecule has 110 valence electrons. The summed E-state index contributed by atoms with van der Waals surface area (Å²) in [6, 6.07) is 3.49. The average molecular weight is 302 g/mol. The highest BCUT2D eigenvalue weighted by atomic mass is 32.2. The smallest absolute Gasteiger partial charge is 0.248 e. The third-order valence-corrected chi connectivity index (χ3v) is 5.92. The second-order valence-electron chi connectivity index (χ2n) is 5.34. The van der Waals surface area contributed by atoms with E-state index >= 15 is 0 Å². The minimum Gasteiger partial charge on any atom is -0.310 e. The van der Waals surface area contributed by atoms with E-state index in [9.17, 15) is 17.2 Å². The molecule has 0 amide bonds. The number of nitrogens with one attached hydrogen (secondary N) is 1. The fraction of sp³-hybridized carbons (Fsp3) is 0.538. The number of hydrogen-bond acceptors (Lipinski definition) is 3. The first-order valence-corrected chi connectivity index (χ1v) is 8.12. The number of fused-ring (bicyclic) bond motifs is 2. The van der Waals surface area contributed by atoms with Crippen LogP contribution < -0.4 is 5.32 Å². The minimum absolute atomic E-state index is 0.0760. The van der Waals surface area contributed by atoms with Crippen LogP contribution in [0, 0.1) is 11.6 Å². The van der Waals surface area contributed by atoms with Crippen LogP contribution in [-0.4, -0.2) is 37.9 Å². The summed E-state index contributed by atoms with van der Waals surface area (Å²) in [5.74, 6) is -2.07. The molecule has 0 aromatic heterocycles. The standard InChI is InChI=1S/C13H16F2N2O2S/c14-11-2-1-3-12(15)13(11)20(18,19)17-7-6-9-4-5-10(8-17)16-9/h1-3,9-10,16H,4-8H2. The predicted molar refractivity (Wildman–Crippen MR) is 69.7 cm³/mol. The lowest BCUT2D eigenvalue weighted by molar-refractivity contribution is 0.377. The Morgan fingerprint density at radius 2 is 1.75 bits per heavy atom. The lowest BCUT2D eigenvalue weighted by atomic mass is 10.1. The molecule has 0 radical (unpaired) electrons.